The highest BCUT2D eigenvalue weighted by Gasteiger charge is 2.53. The van der Waals surface area contributed by atoms with Gasteiger partial charge in [0.2, 0.25) is 0 Å². The van der Waals surface area contributed by atoms with Crippen LogP contribution in [0, 0.1) is 11.8 Å². The van der Waals surface area contributed by atoms with Gasteiger partial charge in [-0.2, -0.15) is 0 Å². The molecule has 4 atom stereocenters. The third-order valence-corrected chi connectivity index (χ3v) is 3.62. The summed E-state index contributed by atoms with van der Waals surface area (Å²) < 4.78 is 0. The molecule has 1 saturated carbocycles. The Bertz CT molecular complexity index is 157. The standard InChI is InChI=1S/C10H20N2/c1-3-4-7(2)12-5-8-9(6-12)10(8)11/h7-10H,3-6,11H2,1-2H3/t7?,8-,9+,10+. The van der Waals surface area contributed by atoms with E-state index in [-0.39, 0.29) is 0 Å². The van der Waals surface area contributed by atoms with Crippen molar-refractivity contribution in [3.05, 3.63) is 0 Å². The van der Waals surface area contributed by atoms with Crippen LogP contribution in [-0.2, 0) is 0 Å². The number of rotatable bonds is 3. The van der Waals surface area contributed by atoms with Crippen molar-refractivity contribution >= 4 is 0 Å². The lowest BCUT2D eigenvalue weighted by Crippen LogP contribution is -2.35. The molecule has 1 aliphatic carbocycles. The lowest BCUT2D eigenvalue weighted by atomic mass is 10.1. The Morgan fingerprint density at radius 2 is 2.00 bits per heavy atom. The molecule has 0 radical (unpaired) electrons. The highest BCUT2D eigenvalue weighted by atomic mass is 15.2. The van der Waals surface area contributed by atoms with E-state index in [9.17, 15) is 0 Å². The summed E-state index contributed by atoms with van der Waals surface area (Å²) in [7, 11) is 0. The number of nitrogens with two attached hydrogens (primary N) is 1. The van der Waals surface area contributed by atoms with Crippen molar-refractivity contribution in [3.8, 4) is 0 Å². The lowest BCUT2D eigenvalue weighted by molar-refractivity contribution is 0.218. The predicted molar refractivity (Wildman–Crippen MR) is 50.9 cm³/mol. The van der Waals surface area contributed by atoms with E-state index in [1.807, 2.05) is 0 Å². The molecule has 70 valence electrons. The third kappa shape index (κ3) is 1.27. The van der Waals surface area contributed by atoms with E-state index in [1.165, 1.54) is 25.9 Å². The fourth-order valence-corrected chi connectivity index (χ4v) is 2.57. The van der Waals surface area contributed by atoms with Crippen LogP contribution in [0.5, 0.6) is 0 Å². The molecule has 2 heteroatoms. The van der Waals surface area contributed by atoms with E-state index in [0.29, 0.717) is 6.04 Å². The molecule has 0 spiro atoms. The molecule has 0 aromatic rings. The summed E-state index contributed by atoms with van der Waals surface area (Å²) in [6, 6.07) is 1.34. The van der Waals surface area contributed by atoms with Gasteiger partial charge in [0.25, 0.3) is 0 Å². The summed E-state index contributed by atoms with van der Waals surface area (Å²) in [5.74, 6) is 1.70. The number of nitrogens with zero attached hydrogens (tertiary/aromatic N) is 1. The van der Waals surface area contributed by atoms with Crippen molar-refractivity contribution in [3.63, 3.8) is 0 Å². The molecule has 1 heterocycles. The van der Waals surface area contributed by atoms with Crippen molar-refractivity contribution in [2.45, 2.75) is 38.8 Å². The number of hydrogen-bond donors (Lipinski definition) is 1. The molecule has 0 aromatic carbocycles. The van der Waals surface area contributed by atoms with Gasteiger partial charge in [-0.15, -0.1) is 0 Å². The van der Waals surface area contributed by atoms with Crippen molar-refractivity contribution in [1.82, 2.24) is 4.90 Å². The van der Waals surface area contributed by atoms with Crippen molar-refractivity contribution in [2.75, 3.05) is 13.1 Å². The molecular formula is C10H20N2. The highest BCUT2D eigenvalue weighted by Crippen LogP contribution is 2.44. The van der Waals surface area contributed by atoms with Crippen LogP contribution in [0.25, 0.3) is 0 Å². The van der Waals surface area contributed by atoms with Gasteiger partial charge < -0.3 is 5.73 Å². The molecule has 12 heavy (non-hydrogen) atoms. The molecule has 2 fully saturated rings. The monoisotopic (exact) mass is 168 g/mol. The summed E-state index contributed by atoms with van der Waals surface area (Å²) >= 11 is 0. The molecule has 2 aliphatic rings. The minimum Gasteiger partial charge on any atom is -0.327 e. The van der Waals surface area contributed by atoms with Gasteiger partial charge in [0.1, 0.15) is 0 Å². The Kier molecular flexibility index (Phi) is 2.13. The van der Waals surface area contributed by atoms with Gasteiger partial charge >= 0.3 is 0 Å². The Balaban J connectivity index is 1.78. The number of fused-ring (bicyclic) bond motifs is 1. The molecule has 0 aromatic heterocycles. The maximum Gasteiger partial charge on any atom is 0.0127 e. The van der Waals surface area contributed by atoms with E-state index in [2.05, 4.69) is 18.7 Å². The van der Waals surface area contributed by atoms with Crippen LogP contribution in [-0.4, -0.2) is 30.1 Å². The number of piperidine rings is 1. The van der Waals surface area contributed by atoms with Crippen molar-refractivity contribution in [2.24, 2.45) is 17.6 Å². The lowest BCUT2D eigenvalue weighted by Gasteiger charge is -2.25. The minimum atomic E-state index is 0.551. The van der Waals surface area contributed by atoms with Crippen molar-refractivity contribution in [1.29, 1.82) is 0 Å². The largest absolute Gasteiger partial charge is 0.327 e. The quantitative estimate of drug-likeness (QED) is 0.683. The average Bonchev–Trinajstić information content (AvgIpc) is 2.52. The fourth-order valence-electron chi connectivity index (χ4n) is 2.57. The summed E-state index contributed by atoms with van der Waals surface area (Å²) in [5, 5.41) is 0. The van der Waals surface area contributed by atoms with E-state index in [4.69, 9.17) is 5.73 Å². The van der Waals surface area contributed by atoms with Crippen LogP contribution >= 0.6 is 0 Å². The molecule has 2 nitrogen and oxygen atoms in total. The summed E-state index contributed by atoms with van der Waals surface area (Å²) in [5.41, 5.74) is 5.88. The van der Waals surface area contributed by atoms with Gasteiger partial charge in [0.05, 0.1) is 0 Å². The van der Waals surface area contributed by atoms with Crippen LogP contribution in [0.15, 0.2) is 0 Å². The van der Waals surface area contributed by atoms with Gasteiger partial charge in [0, 0.05) is 25.2 Å². The zero-order valence-electron chi connectivity index (χ0n) is 8.16. The number of likely N-dealkylation sites (tertiary alicyclic amines) is 1. The Morgan fingerprint density at radius 3 is 2.50 bits per heavy atom. The fraction of sp³-hybridized carbons (Fsp3) is 1.00. The van der Waals surface area contributed by atoms with Gasteiger partial charge in [-0.05, 0) is 25.2 Å². The molecule has 0 bridgehead atoms. The van der Waals surface area contributed by atoms with Crippen LogP contribution < -0.4 is 5.73 Å². The Hall–Kier alpha value is -0.0800. The molecule has 1 aliphatic heterocycles. The maximum absolute atomic E-state index is 5.88. The Labute approximate surface area is 75.1 Å². The van der Waals surface area contributed by atoms with Crippen LogP contribution in [0.3, 0.4) is 0 Å². The van der Waals surface area contributed by atoms with Gasteiger partial charge in [-0.1, -0.05) is 13.3 Å². The van der Waals surface area contributed by atoms with E-state index < -0.39 is 0 Å². The summed E-state index contributed by atoms with van der Waals surface area (Å²) in [4.78, 5) is 2.61. The first-order valence-electron chi connectivity index (χ1n) is 5.23. The summed E-state index contributed by atoms with van der Waals surface area (Å²) in [6.07, 6.45) is 2.65. The second kappa shape index (κ2) is 3.00. The minimum absolute atomic E-state index is 0.551. The molecule has 2 rings (SSSR count). The molecular weight excluding hydrogens is 148 g/mol. The van der Waals surface area contributed by atoms with E-state index in [1.54, 1.807) is 0 Å². The number of hydrogen-bond acceptors (Lipinski definition) is 2. The Morgan fingerprint density at radius 1 is 1.42 bits per heavy atom. The second-order valence-electron chi connectivity index (χ2n) is 4.50. The average molecular weight is 168 g/mol. The van der Waals surface area contributed by atoms with Crippen LogP contribution in [0.1, 0.15) is 26.7 Å². The van der Waals surface area contributed by atoms with Gasteiger partial charge in [-0.25, -0.2) is 0 Å². The first-order chi connectivity index (χ1) is 5.74. The SMILES string of the molecule is CCCC(C)N1C[C@@H]2[C@@H](N)[C@@H]2C1. The third-order valence-electron chi connectivity index (χ3n) is 3.62. The normalized spacial score (nSPS) is 42.8. The smallest absolute Gasteiger partial charge is 0.0127 e. The highest BCUT2D eigenvalue weighted by molar-refractivity contribution is 5.09. The maximum atomic E-state index is 5.88. The zero-order valence-corrected chi connectivity index (χ0v) is 8.16. The van der Waals surface area contributed by atoms with Gasteiger partial charge in [0.15, 0.2) is 0 Å². The zero-order chi connectivity index (χ0) is 8.72. The second-order valence-corrected chi connectivity index (χ2v) is 4.50. The van der Waals surface area contributed by atoms with E-state index in [0.717, 1.165) is 17.9 Å². The summed E-state index contributed by atoms with van der Waals surface area (Å²) in [6.45, 7) is 7.15. The first kappa shape index (κ1) is 8.52. The topological polar surface area (TPSA) is 29.3 Å². The predicted octanol–water partition coefficient (Wildman–Crippen LogP) is 1.06. The van der Waals surface area contributed by atoms with E-state index >= 15 is 0 Å². The molecule has 1 saturated heterocycles. The molecule has 0 amide bonds. The van der Waals surface area contributed by atoms with Gasteiger partial charge in [-0.3, -0.25) is 4.90 Å². The van der Waals surface area contributed by atoms with Crippen molar-refractivity contribution < 1.29 is 0 Å². The molecule has 1 unspecified atom stereocenters. The van der Waals surface area contributed by atoms with Crippen LogP contribution in [0.2, 0.25) is 0 Å². The molecule has 2 N–H and O–H groups in total. The first-order valence-corrected chi connectivity index (χ1v) is 5.23. The van der Waals surface area contributed by atoms with Crippen LogP contribution in [0.4, 0.5) is 0 Å².